The number of methoxy groups -OCH3 is 3. The Balaban J connectivity index is 1.89. The highest BCUT2D eigenvalue weighted by molar-refractivity contribution is 5.98. The highest BCUT2D eigenvalue weighted by Gasteiger charge is 2.42. The van der Waals surface area contributed by atoms with Crippen LogP contribution in [0.2, 0.25) is 0 Å². The van der Waals surface area contributed by atoms with Crippen molar-refractivity contribution in [3.05, 3.63) is 71.3 Å². The van der Waals surface area contributed by atoms with Crippen molar-refractivity contribution in [3.8, 4) is 11.5 Å². The molecule has 148 valence electrons. The average Bonchev–Trinajstić information content (AvgIpc) is 3.17. The van der Waals surface area contributed by atoms with E-state index in [1.54, 1.807) is 19.2 Å². The second-order valence-corrected chi connectivity index (χ2v) is 6.72. The minimum Gasteiger partial charge on any atom is -0.497 e. The van der Waals surface area contributed by atoms with E-state index in [9.17, 15) is 9.59 Å². The predicted octanol–water partition coefficient (Wildman–Crippen LogP) is 3.70. The van der Waals surface area contributed by atoms with Gasteiger partial charge in [-0.25, -0.2) is 9.59 Å². The van der Waals surface area contributed by atoms with E-state index in [2.05, 4.69) is 0 Å². The molecular formula is C23H20O6. The van der Waals surface area contributed by atoms with Crippen LogP contribution in [-0.2, 0) is 14.3 Å². The normalized spacial score (nSPS) is 17.3. The molecular weight excluding hydrogens is 372 g/mol. The molecule has 1 aliphatic rings. The summed E-state index contributed by atoms with van der Waals surface area (Å²) in [5.41, 5.74) is 2.26. The second-order valence-electron chi connectivity index (χ2n) is 6.72. The van der Waals surface area contributed by atoms with E-state index in [0.717, 1.165) is 27.6 Å². The number of ether oxygens (including phenoxy) is 4. The van der Waals surface area contributed by atoms with Crippen molar-refractivity contribution in [2.24, 2.45) is 0 Å². The van der Waals surface area contributed by atoms with Crippen molar-refractivity contribution in [1.82, 2.24) is 0 Å². The Hall–Kier alpha value is -3.54. The van der Waals surface area contributed by atoms with Gasteiger partial charge < -0.3 is 18.9 Å². The third-order valence-corrected chi connectivity index (χ3v) is 5.22. The van der Waals surface area contributed by atoms with Crippen molar-refractivity contribution in [2.45, 2.75) is 12.0 Å². The van der Waals surface area contributed by atoms with Crippen LogP contribution in [0.25, 0.3) is 10.8 Å². The number of carbonyl (C=O) groups is 2. The average molecular weight is 392 g/mol. The van der Waals surface area contributed by atoms with Crippen LogP contribution in [0.1, 0.15) is 27.4 Å². The molecule has 0 N–H and O–H groups in total. The summed E-state index contributed by atoms with van der Waals surface area (Å²) < 4.78 is 21.0. The lowest BCUT2D eigenvalue weighted by Gasteiger charge is -2.18. The first kappa shape index (κ1) is 18.8. The highest BCUT2D eigenvalue weighted by Crippen LogP contribution is 2.46. The molecule has 0 aliphatic carbocycles. The van der Waals surface area contributed by atoms with Crippen molar-refractivity contribution < 1.29 is 28.5 Å². The van der Waals surface area contributed by atoms with Crippen LogP contribution in [0.4, 0.5) is 0 Å². The van der Waals surface area contributed by atoms with Gasteiger partial charge in [0.25, 0.3) is 0 Å². The number of rotatable bonds is 4. The van der Waals surface area contributed by atoms with Crippen LogP contribution in [0.5, 0.6) is 11.5 Å². The Labute approximate surface area is 167 Å². The molecule has 0 radical (unpaired) electrons. The lowest BCUT2D eigenvalue weighted by atomic mass is 9.85. The van der Waals surface area contributed by atoms with Gasteiger partial charge in [-0.15, -0.1) is 0 Å². The number of esters is 2. The van der Waals surface area contributed by atoms with Crippen molar-refractivity contribution >= 4 is 22.7 Å². The van der Waals surface area contributed by atoms with Gasteiger partial charge in [0.05, 0.1) is 32.8 Å². The van der Waals surface area contributed by atoms with Gasteiger partial charge in [0.15, 0.2) is 0 Å². The van der Waals surface area contributed by atoms with E-state index >= 15 is 0 Å². The maximum absolute atomic E-state index is 12.5. The Kier molecular flexibility index (Phi) is 4.84. The first-order valence-electron chi connectivity index (χ1n) is 9.10. The Morgan fingerprint density at radius 1 is 0.897 bits per heavy atom. The Bertz CT molecular complexity index is 1090. The van der Waals surface area contributed by atoms with Crippen LogP contribution in [0, 0.1) is 0 Å². The molecule has 2 unspecified atom stereocenters. The number of carbonyl (C=O) groups excluding carboxylic acids is 2. The lowest BCUT2D eigenvalue weighted by Crippen LogP contribution is -2.30. The molecule has 0 spiro atoms. The molecule has 2 atom stereocenters. The Morgan fingerprint density at radius 3 is 2.31 bits per heavy atom. The maximum atomic E-state index is 12.5. The molecule has 0 bridgehead atoms. The zero-order chi connectivity index (χ0) is 20.5. The monoisotopic (exact) mass is 392 g/mol. The first-order valence-corrected chi connectivity index (χ1v) is 9.10. The van der Waals surface area contributed by atoms with Crippen LogP contribution in [-0.4, -0.2) is 39.4 Å². The van der Waals surface area contributed by atoms with Crippen LogP contribution < -0.4 is 9.47 Å². The topological polar surface area (TPSA) is 71.1 Å². The zero-order valence-electron chi connectivity index (χ0n) is 16.3. The molecule has 0 saturated carbocycles. The standard InChI is InChI=1S/C23H20O6/c1-26-16-8-4-13(5-9-16)19-20-17-10-6-15(22(24)27-2)12-14(17)7-11-18(20)29-21(19)23(25)28-3/h4-12,19,21H,1-3H3. The van der Waals surface area contributed by atoms with Crippen molar-refractivity contribution in [3.63, 3.8) is 0 Å². The summed E-state index contributed by atoms with van der Waals surface area (Å²) in [6, 6.07) is 16.6. The summed E-state index contributed by atoms with van der Waals surface area (Å²) in [6.45, 7) is 0. The maximum Gasteiger partial charge on any atom is 0.348 e. The largest absolute Gasteiger partial charge is 0.497 e. The van der Waals surface area contributed by atoms with Gasteiger partial charge in [0, 0.05) is 5.56 Å². The van der Waals surface area contributed by atoms with E-state index in [1.165, 1.54) is 14.2 Å². The molecule has 3 aromatic carbocycles. The van der Waals surface area contributed by atoms with Crippen LogP contribution in [0.3, 0.4) is 0 Å². The lowest BCUT2D eigenvalue weighted by molar-refractivity contribution is -0.148. The molecule has 1 aliphatic heterocycles. The number of hydrogen-bond donors (Lipinski definition) is 0. The summed E-state index contributed by atoms with van der Waals surface area (Å²) in [5, 5.41) is 1.77. The third kappa shape index (κ3) is 3.16. The quantitative estimate of drug-likeness (QED) is 0.631. The second kappa shape index (κ2) is 7.47. The van der Waals surface area contributed by atoms with Crippen LogP contribution >= 0.6 is 0 Å². The summed E-state index contributed by atoms with van der Waals surface area (Å²) in [7, 11) is 4.30. The Morgan fingerprint density at radius 2 is 1.66 bits per heavy atom. The van der Waals surface area contributed by atoms with E-state index in [1.807, 2.05) is 42.5 Å². The van der Waals surface area contributed by atoms with E-state index in [-0.39, 0.29) is 5.92 Å². The van der Waals surface area contributed by atoms with Gasteiger partial charge in [-0.05, 0) is 46.7 Å². The van der Waals surface area contributed by atoms with E-state index in [0.29, 0.717) is 11.3 Å². The minimum absolute atomic E-state index is 0.351. The molecule has 1 heterocycles. The van der Waals surface area contributed by atoms with Gasteiger partial charge >= 0.3 is 11.9 Å². The molecule has 29 heavy (non-hydrogen) atoms. The highest BCUT2D eigenvalue weighted by atomic mass is 16.6. The van der Waals surface area contributed by atoms with Gasteiger partial charge in [-0.3, -0.25) is 0 Å². The number of fused-ring (bicyclic) bond motifs is 3. The van der Waals surface area contributed by atoms with Gasteiger partial charge in [0.2, 0.25) is 6.10 Å². The summed E-state index contributed by atoms with van der Waals surface area (Å²) in [4.78, 5) is 24.4. The van der Waals surface area contributed by atoms with Crippen molar-refractivity contribution in [1.29, 1.82) is 0 Å². The van der Waals surface area contributed by atoms with Crippen molar-refractivity contribution in [2.75, 3.05) is 21.3 Å². The molecule has 6 nitrogen and oxygen atoms in total. The molecule has 4 rings (SSSR count). The summed E-state index contributed by atoms with van der Waals surface area (Å²) in [6.07, 6.45) is -0.797. The number of hydrogen-bond acceptors (Lipinski definition) is 6. The molecule has 0 aromatic heterocycles. The van der Waals surface area contributed by atoms with Crippen LogP contribution in [0.15, 0.2) is 54.6 Å². The molecule has 3 aromatic rings. The third-order valence-electron chi connectivity index (χ3n) is 5.22. The predicted molar refractivity (Wildman–Crippen MR) is 107 cm³/mol. The molecule has 0 amide bonds. The SMILES string of the molecule is COC(=O)c1ccc2c3c(ccc2c1)OC(C(=O)OC)C3c1ccc(OC)cc1. The molecule has 6 heteroatoms. The summed E-state index contributed by atoms with van der Waals surface area (Å²) in [5.74, 6) is 0.155. The van der Waals surface area contributed by atoms with E-state index in [4.69, 9.17) is 18.9 Å². The molecule has 0 fully saturated rings. The van der Waals surface area contributed by atoms with Gasteiger partial charge in [-0.1, -0.05) is 24.3 Å². The van der Waals surface area contributed by atoms with E-state index < -0.39 is 18.0 Å². The fraction of sp³-hybridized carbons (Fsp3) is 0.217. The fourth-order valence-electron chi connectivity index (χ4n) is 3.81. The zero-order valence-corrected chi connectivity index (χ0v) is 16.3. The van der Waals surface area contributed by atoms with Gasteiger partial charge in [0.1, 0.15) is 11.5 Å². The fourth-order valence-corrected chi connectivity index (χ4v) is 3.81. The van der Waals surface area contributed by atoms with Gasteiger partial charge in [-0.2, -0.15) is 0 Å². The number of benzene rings is 3. The smallest absolute Gasteiger partial charge is 0.348 e. The minimum atomic E-state index is -0.797. The first-order chi connectivity index (χ1) is 14.1. The molecule has 0 saturated heterocycles. The summed E-state index contributed by atoms with van der Waals surface area (Å²) >= 11 is 0.